The van der Waals surface area contributed by atoms with Gasteiger partial charge in [-0.3, -0.25) is 4.79 Å². The van der Waals surface area contributed by atoms with E-state index in [-0.39, 0.29) is 13.0 Å². The summed E-state index contributed by atoms with van der Waals surface area (Å²) in [5.74, 6) is 0.0450. The van der Waals surface area contributed by atoms with Gasteiger partial charge < -0.3 is 10.5 Å². The van der Waals surface area contributed by atoms with Gasteiger partial charge in [0.1, 0.15) is 5.75 Å². The van der Waals surface area contributed by atoms with E-state index in [9.17, 15) is 4.79 Å². The molecule has 0 bridgehead atoms. The average Bonchev–Trinajstić information content (AvgIpc) is 2.10. The fourth-order valence-corrected chi connectivity index (χ4v) is 1.18. The molecule has 1 aromatic rings. The summed E-state index contributed by atoms with van der Waals surface area (Å²) in [6.45, 7) is 0.204. The predicted molar refractivity (Wildman–Crippen MR) is 55.8 cm³/mol. The summed E-state index contributed by atoms with van der Waals surface area (Å²) in [6.07, 6.45) is 0.156. The first-order valence-corrected chi connectivity index (χ1v) is 4.71. The molecule has 0 fully saturated rings. The number of rotatable bonds is 4. The second-order valence-electron chi connectivity index (χ2n) is 2.64. The van der Waals surface area contributed by atoms with Crippen LogP contribution in [0.1, 0.15) is 6.42 Å². The molecule has 1 rings (SSSR count). The molecule has 0 radical (unpaired) electrons. The maximum atomic E-state index is 10.4. The number of amides is 1. The largest absolute Gasteiger partial charge is 0.491 e. The summed E-state index contributed by atoms with van der Waals surface area (Å²) >= 11 is 11.5. The van der Waals surface area contributed by atoms with E-state index < -0.39 is 5.91 Å². The molecule has 0 aromatic heterocycles. The van der Waals surface area contributed by atoms with E-state index in [1.165, 1.54) is 0 Å². The van der Waals surface area contributed by atoms with Crippen LogP contribution in [0.2, 0.25) is 10.0 Å². The highest BCUT2D eigenvalue weighted by Gasteiger charge is 2.03. The number of benzene rings is 1. The van der Waals surface area contributed by atoms with E-state index in [0.29, 0.717) is 15.8 Å². The molecule has 0 saturated carbocycles. The van der Waals surface area contributed by atoms with Crippen LogP contribution in [-0.2, 0) is 4.79 Å². The van der Waals surface area contributed by atoms with Gasteiger partial charge in [-0.1, -0.05) is 23.2 Å². The van der Waals surface area contributed by atoms with Gasteiger partial charge in [-0.15, -0.1) is 0 Å². The number of carbonyl (C=O) groups excluding carboxylic acids is 1. The normalized spacial score (nSPS) is 9.86. The predicted octanol–water partition coefficient (Wildman–Crippen LogP) is 2.25. The van der Waals surface area contributed by atoms with Crippen LogP contribution in [0.15, 0.2) is 18.2 Å². The molecular formula is C9H9Cl2NO2. The van der Waals surface area contributed by atoms with Crippen LogP contribution in [-0.4, -0.2) is 12.5 Å². The van der Waals surface area contributed by atoms with Crippen molar-refractivity contribution in [3.05, 3.63) is 28.2 Å². The molecule has 0 aliphatic heterocycles. The second kappa shape index (κ2) is 5.08. The van der Waals surface area contributed by atoms with E-state index in [0.717, 1.165) is 0 Å². The van der Waals surface area contributed by atoms with Gasteiger partial charge in [0.2, 0.25) is 5.91 Å². The van der Waals surface area contributed by atoms with Crippen molar-refractivity contribution in [2.75, 3.05) is 6.61 Å². The molecule has 0 spiro atoms. The molecule has 0 heterocycles. The monoisotopic (exact) mass is 233 g/mol. The number of hydrogen-bond acceptors (Lipinski definition) is 2. The molecular weight excluding hydrogens is 225 g/mol. The van der Waals surface area contributed by atoms with Crippen molar-refractivity contribution < 1.29 is 9.53 Å². The Kier molecular flexibility index (Phi) is 4.04. The van der Waals surface area contributed by atoms with Gasteiger partial charge >= 0.3 is 0 Å². The van der Waals surface area contributed by atoms with Gasteiger partial charge in [0, 0.05) is 11.1 Å². The Morgan fingerprint density at radius 2 is 2.14 bits per heavy atom. The van der Waals surface area contributed by atoms with Crippen LogP contribution >= 0.6 is 23.2 Å². The number of halogens is 2. The van der Waals surface area contributed by atoms with Crippen molar-refractivity contribution in [2.24, 2.45) is 5.73 Å². The van der Waals surface area contributed by atoms with Crippen molar-refractivity contribution in [3.63, 3.8) is 0 Å². The van der Waals surface area contributed by atoms with Crippen molar-refractivity contribution >= 4 is 29.1 Å². The van der Waals surface area contributed by atoms with E-state index in [4.69, 9.17) is 33.7 Å². The lowest BCUT2D eigenvalue weighted by atomic mass is 10.3. The van der Waals surface area contributed by atoms with Crippen LogP contribution in [0, 0.1) is 0 Å². The minimum Gasteiger partial charge on any atom is -0.491 e. The second-order valence-corrected chi connectivity index (χ2v) is 3.48. The minimum atomic E-state index is -0.414. The molecule has 0 aliphatic rings. The number of ether oxygens (including phenoxy) is 1. The van der Waals surface area contributed by atoms with Gasteiger partial charge in [-0.25, -0.2) is 0 Å². The van der Waals surface area contributed by atoms with Gasteiger partial charge in [0.15, 0.2) is 0 Å². The minimum absolute atomic E-state index is 0.156. The zero-order valence-corrected chi connectivity index (χ0v) is 8.81. The lowest BCUT2D eigenvalue weighted by Gasteiger charge is -2.06. The highest BCUT2D eigenvalue weighted by Crippen LogP contribution is 2.27. The summed E-state index contributed by atoms with van der Waals surface area (Å²) in [7, 11) is 0. The fourth-order valence-electron chi connectivity index (χ4n) is 0.849. The maximum Gasteiger partial charge on any atom is 0.220 e. The number of primary amides is 1. The summed E-state index contributed by atoms with van der Waals surface area (Å²) in [5.41, 5.74) is 4.95. The first kappa shape index (κ1) is 11.1. The van der Waals surface area contributed by atoms with Crippen molar-refractivity contribution in [2.45, 2.75) is 6.42 Å². The van der Waals surface area contributed by atoms with Crippen LogP contribution < -0.4 is 10.5 Å². The van der Waals surface area contributed by atoms with E-state index in [1.54, 1.807) is 18.2 Å². The van der Waals surface area contributed by atoms with Crippen molar-refractivity contribution in [1.29, 1.82) is 0 Å². The van der Waals surface area contributed by atoms with Crippen molar-refractivity contribution in [3.8, 4) is 5.75 Å². The molecule has 1 aromatic carbocycles. The van der Waals surface area contributed by atoms with Crippen LogP contribution in [0.3, 0.4) is 0 Å². The SMILES string of the molecule is NC(=O)CCOc1cc(Cl)ccc1Cl. The third-order valence-electron chi connectivity index (χ3n) is 1.50. The van der Waals surface area contributed by atoms with E-state index >= 15 is 0 Å². The van der Waals surface area contributed by atoms with Crippen LogP contribution in [0.4, 0.5) is 0 Å². The van der Waals surface area contributed by atoms with E-state index in [1.807, 2.05) is 0 Å². The molecule has 0 saturated heterocycles. The zero-order chi connectivity index (χ0) is 10.6. The van der Waals surface area contributed by atoms with Gasteiger partial charge in [0.05, 0.1) is 18.1 Å². The Balaban J connectivity index is 2.57. The van der Waals surface area contributed by atoms with Crippen LogP contribution in [0.5, 0.6) is 5.75 Å². The Hall–Kier alpha value is -0.930. The van der Waals surface area contributed by atoms with Crippen molar-refractivity contribution in [1.82, 2.24) is 0 Å². The van der Waals surface area contributed by atoms with Gasteiger partial charge in [-0.05, 0) is 12.1 Å². The molecule has 14 heavy (non-hydrogen) atoms. The number of carbonyl (C=O) groups is 1. The number of hydrogen-bond donors (Lipinski definition) is 1. The molecule has 3 nitrogen and oxygen atoms in total. The Bertz CT molecular complexity index is 342. The molecule has 5 heteroatoms. The highest BCUT2D eigenvalue weighted by molar-refractivity contribution is 6.34. The Labute approximate surface area is 91.7 Å². The lowest BCUT2D eigenvalue weighted by Crippen LogP contribution is -2.14. The smallest absolute Gasteiger partial charge is 0.220 e. The summed E-state index contributed by atoms with van der Waals surface area (Å²) in [6, 6.07) is 4.87. The molecule has 0 atom stereocenters. The average molecular weight is 234 g/mol. The van der Waals surface area contributed by atoms with Crippen LogP contribution in [0.25, 0.3) is 0 Å². The fraction of sp³-hybridized carbons (Fsp3) is 0.222. The number of nitrogens with two attached hydrogens (primary N) is 1. The van der Waals surface area contributed by atoms with E-state index in [2.05, 4.69) is 0 Å². The summed E-state index contributed by atoms with van der Waals surface area (Å²) in [5, 5.41) is 0.988. The third-order valence-corrected chi connectivity index (χ3v) is 2.05. The Morgan fingerprint density at radius 1 is 1.43 bits per heavy atom. The topological polar surface area (TPSA) is 52.3 Å². The van der Waals surface area contributed by atoms with Gasteiger partial charge in [0.25, 0.3) is 0 Å². The molecule has 76 valence electrons. The molecule has 1 amide bonds. The van der Waals surface area contributed by atoms with Gasteiger partial charge in [-0.2, -0.15) is 0 Å². The molecule has 2 N–H and O–H groups in total. The lowest BCUT2D eigenvalue weighted by molar-refractivity contribution is -0.118. The standard InChI is InChI=1S/C9H9Cl2NO2/c10-6-1-2-7(11)8(5-6)14-4-3-9(12)13/h1-2,5H,3-4H2,(H2,12,13). The molecule has 0 aliphatic carbocycles. The first-order valence-electron chi connectivity index (χ1n) is 3.96. The third kappa shape index (κ3) is 3.44. The summed E-state index contributed by atoms with van der Waals surface area (Å²) in [4.78, 5) is 10.4. The zero-order valence-electron chi connectivity index (χ0n) is 7.30. The Morgan fingerprint density at radius 3 is 2.79 bits per heavy atom. The summed E-state index contributed by atoms with van der Waals surface area (Å²) < 4.78 is 5.21. The molecule has 0 unspecified atom stereocenters. The maximum absolute atomic E-state index is 10.4. The first-order chi connectivity index (χ1) is 6.59. The highest BCUT2D eigenvalue weighted by atomic mass is 35.5. The quantitative estimate of drug-likeness (QED) is 0.868.